The minimum atomic E-state index is -3.58. The Labute approximate surface area is 118 Å². The van der Waals surface area contributed by atoms with Gasteiger partial charge in [0.1, 0.15) is 4.90 Å². The zero-order valence-corrected chi connectivity index (χ0v) is 12.2. The van der Waals surface area contributed by atoms with Crippen molar-refractivity contribution in [1.29, 1.82) is 0 Å². The van der Waals surface area contributed by atoms with Crippen molar-refractivity contribution in [2.24, 2.45) is 5.73 Å². The maximum absolute atomic E-state index is 12.2. The van der Waals surface area contributed by atoms with Gasteiger partial charge >= 0.3 is 0 Å². The zero-order chi connectivity index (χ0) is 14.8. The van der Waals surface area contributed by atoms with Crippen LogP contribution in [0.3, 0.4) is 0 Å². The monoisotopic (exact) mass is 294 g/mol. The van der Waals surface area contributed by atoms with E-state index in [0.29, 0.717) is 12.2 Å². The van der Waals surface area contributed by atoms with Gasteiger partial charge in [-0.2, -0.15) is 5.10 Å². The van der Waals surface area contributed by atoms with Crippen LogP contribution in [0.2, 0.25) is 0 Å². The first-order valence-electron chi connectivity index (χ1n) is 6.25. The zero-order valence-electron chi connectivity index (χ0n) is 11.4. The molecule has 0 aliphatic heterocycles. The summed E-state index contributed by atoms with van der Waals surface area (Å²) in [4.78, 5) is 0.169. The molecule has 2 aromatic rings. The average Bonchev–Trinajstić information content (AvgIpc) is 2.85. The van der Waals surface area contributed by atoms with E-state index >= 15 is 0 Å². The predicted molar refractivity (Wildman–Crippen MR) is 76.4 cm³/mol. The van der Waals surface area contributed by atoms with Gasteiger partial charge in [-0.05, 0) is 25.0 Å². The molecule has 0 saturated heterocycles. The first kappa shape index (κ1) is 14.7. The number of rotatable bonds is 5. The molecule has 7 heteroatoms. The van der Waals surface area contributed by atoms with Gasteiger partial charge in [0, 0.05) is 12.6 Å². The lowest BCUT2D eigenvalue weighted by molar-refractivity contribution is 0.566. The van der Waals surface area contributed by atoms with Gasteiger partial charge in [-0.25, -0.2) is 13.1 Å². The number of H-pyrrole nitrogens is 1. The van der Waals surface area contributed by atoms with Gasteiger partial charge in [0.15, 0.2) is 0 Å². The minimum absolute atomic E-state index is 0.169. The Balaban J connectivity index is 2.18. The highest BCUT2D eigenvalue weighted by Crippen LogP contribution is 2.18. The van der Waals surface area contributed by atoms with Crippen molar-refractivity contribution >= 4 is 10.0 Å². The molecule has 0 aliphatic rings. The Bertz CT molecular complexity index is 677. The van der Waals surface area contributed by atoms with Crippen molar-refractivity contribution in [3.63, 3.8) is 0 Å². The number of nitrogens with two attached hydrogens (primary N) is 1. The van der Waals surface area contributed by atoms with E-state index in [2.05, 4.69) is 14.9 Å². The standard InChI is InChI=1S/C13H18N4O2S/c1-9(12-5-3-11(7-14)4-6-12)17-20(18,19)13-8-15-16-10(13)2/h3-6,8-9,17H,7,14H2,1-2H3,(H,15,16). The third kappa shape index (κ3) is 3.06. The van der Waals surface area contributed by atoms with Crippen molar-refractivity contribution in [2.45, 2.75) is 31.3 Å². The minimum Gasteiger partial charge on any atom is -0.326 e. The highest BCUT2D eigenvalue weighted by Gasteiger charge is 2.21. The van der Waals surface area contributed by atoms with Gasteiger partial charge in [-0.15, -0.1) is 0 Å². The van der Waals surface area contributed by atoms with E-state index in [0.717, 1.165) is 11.1 Å². The Morgan fingerprint density at radius 2 is 2.00 bits per heavy atom. The highest BCUT2D eigenvalue weighted by atomic mass is 32.2. The molecule has 0 aliphatic carbocycles. The molecule has 6 nitrogen and oxygen atoms in total. The molecule has 2 rings (SSSR count). The fourth-order valence-corrected chi connectivity index (χ4v) is 3.29. The van der Waals surface area contributed by atoms with Crippen LogP contribution in [0.25, 0.3) is 0 Å². The van der Waals surface area contributed by atoms with Crippen LogP contribution in [0.15, 0.2) is 35.4 Å². The summed E-state index contributed by atoms with van der Waals surface area (Å²) < 4.78 is 27.1. The third-order valence-electron chi connectivity index (χ3n) is 3.12. The summed E-state index contributed by atoms with van der Waals surface area (Å²) in [7, 11) is -3.58. The average molecular weight is 294 g/mol. The summed E-state index contributed by atoms with van der Waals surface area (Å²) in [6.45, 7) is 3.93. The molecule has 0 radical (unpaired) electrons. The number of aryl methyl sites for hydroxylation is 1. The molecule has 20 heavy (non-hydrogen) atoms. The summed E-state index contributed by atoms with van der Waals surface area (Å²) in [6, 6.07) is 7.20. The van der Waals surface area contributed by atoms with Crippen molar-refractivity contribution in [2.75, 3.05) is 0 Å². The molecule has 0 spiro atoms. The van der Waals surface area contributed by atoms with Crippen molar-refractivity contribution in [3.05, 3.63) is 47.3 Å². The second-order valence-electron chi connectivity index (χ2n) is 4.65. The van der Waals surface area contributed by atoms with E-state index in [9.17, 15) is 8.42 Å². The Morgan fingerprint density at radius 3 is 2.50 bits per heavy atom. The molecule has 0 fully saturated rings. The summed E-state index contributed by atoms with van der Waals surface area (Å²) in [5.74, 6) is 0. The molecule has 4 N–H and O–H groups in total. The second-order valence-corrected chi connectivity index (χ2v) is 6.33. The van der Waals surface area contributed by atoms with Gasteiger partial charge in [0.05, 0.1) is 11.9 Å². The third-order valence-corrected chi connectivity index (χ3v) is 4.78. The largest absolute Gasteiger partial charge is 0.326 e. The van der Waals surface area contributed by atoms with E-state index in [-0.39, 0.29) is 10.9 Å². The molecular weight excluding hydrogens is 276 g/mol. The first-order valence-corrected chi connectivity index (χ1v) is 7.73. The van der Waals surface area contributed by atoms with Gasteiger partial charge in [-0.3, -0.25) is 5.10 Å². The van der Waals surface area contributed by atoms with E-state index in [4.69, 9.17) is 5.73 Å². The van der Waals surface area contributed by atoms with Crippen LogP contribution < -0.4 is 10.5 Å². The Hall–Kier alpha value is -1.70. The van der Waals surface area contributed by atoms with Crippen LogP contribution in [-0.4, -0.2) is 18.6 Å². The predicted octanol–water partition coefficient (Wildman–Crippen LogP) is 1.22. The van der Waals surface area contributed by atoms with E-state index in [1.807, 2.05) is 24.3 Å². The van der Waals surface area contributed by atoms with Crippen molar-refractivity contribution in [3.8, 4) is 0 Å². The normalized spacial score (nSPS) is 13.3. The van der Waals surface area contributed by atoms with Gasteiger partial charge in [0.25, 0.3) is 0 Å². The second kappa shape index (κ2) is 5.74. The van der Waals surface area contributed by atoms with Crippen LogP contribution in [0.5, 0.6) is 0 Å². The van der Waals surface area contributed by atoms with Crippen LogP contribution in [0.4, 0.5) is 0 Å². The molecule has 108 valence electrons. The van der Waals surface area contributed by atoms with E-state index < -0.39 is 10.0 Å². The molecule has 1 atom stereocenters. The summed E-state index contributed by atoms with van der Waals surface area (Å²) in [5, 5.41) is 6.35. The maximum atomic E-state index is 12.2. The Morgan fingerprint density at radius 1 is 1.35 bits per heavy atom. The molecule has 0 saturated carbocycles. The number of benzene rings is 1. The number of hydrogen-bond donors (Lipinski definition) is 3. The SMILES string of the molecule is Cc1[nH]ncc1S(=O)(=O)NC(C)c1ccc(CN)cc1. The molecule has 0 amide bonds. The van der Waals surface area contributed by atoms with Gasteiger partial charge in [0.2, 0.25) is 10.0 Å². The Kier molecular flexibility index (Phi) is 4.22. The highest BCUT2D eigenvalue weighted by molar-refractivity contribution is 7.89. The summed E-state index contributed by atoms with van der Waals surface area (Å²) >= 11 is 0. The number of aromatic amines is 1. The maximum Gasteiger partial charge on any atom is 0.244 e. The van der Waals surface area contributed by atoms with E-state index in [1.54, 1.807) is 13.8 Å². The fourth-order valence-electron chi connectivity index (χ4n) is 1.92. The molecular formula is C13H18N4O2S. The molecule has 1 aromatic carbocycles. The van der Waals surface area contributed by atoms with Crippen LogP contribution >= 0.6 is 0 Å². The summed E-state index contributed by atoms with van der Waals surface area (Å²) in [5.41, 5.74) is 7.94. The first-order chi connectivity index (χ1) is 9.44. The number of sulfonamides is 1. The van der Waals surface area contributed by atoms with Gasteiger partial charge < -0.3 is 5.73 Å². The molecule has 1 heterocycles. The molecule has 1 aromatic heterocycles. The van der Waals surface area contributed by atoms with Crippen molar-refractivity contribution < 1.29 is 8.42 Å². The number of aromatic nitrogens is 2. The van der Waals surface area contributed by atoms with Crippen LogP contribution in [-0.2, 0) is 16.6 Å². The van der Waals surface area contributed by atoms with Gasteiger partial charge in [-0.1, -0.05) is 24.3 Å². The number of nitrogens with zero attached hydrogens (tertiary/aromatic N) is 1. The number of nitrogens with one attached hydrogen (secondary N) is 2. The lowest BCUT2D eigenvalue weighted by atomic mass is 10.1. The topological polar surface area (TPSA) is 101 Å². The van der Waals surface area contributed by atoms with Crippen molar-refractivity contribution in [1.82, 2.24) is 14.9 Å². The lowest BCUT2D eigenvalue weighted by Crippen LogP contribution is -2.27. The number of hydrogen-bond acceptors (Lipinski definition) is 4. The van der Waals surface area contributed by atoms with E-state index in [1.165, 1.54) is 6.20 Å². The lowest BCUT2D eigenvalue weighted by Gasteiger charge is -2.14. The smallest absolute Gasteiger partial charge is 0.244 e. The quantitative estimate of drug-likeness (QED) is 0.771. The van der Waals surface area contributed by atoms with Crippen LogP contribution in [0.1, 0.15) is 29.8 Å². The fraction of sp³-hybridized carbons (Fsp3) is 0.308. The molecule has 0 bridgehead atoms. The molecule has 1 unspecified atom stereocenters. The summed E-state index contributed by atoms with van der Waals surface area (Å²) in [6.07, 6.45) is 1.31. The van der Waals surface area contributed by atoms with Crippen LogP contribution in [0, 0.1) is 6.92 Å².